The highest BCUT2D eigenvalue weighted by molar-refractivity contribution is 9.10. The van der Waals surface area contributed by atoms with Crippen LogP contribution in [0.3, 0.4) is 0 Å². The Kier molecular flexibility index (Phi) is 16.3. The summed E-state index contributed by atoms with van der Waals surface area (Å²) < 4.78 is 7.83. The van der Waals surface area contributed by atoms with Gasteiger partial charge in [-0.15, -0.1) is 0 Å². The minimum atomic E-state index is -0.124. The summed E-state index contributed by atoms with van der Waals surface area (Å²) in [7, 11) is 2.77. The third kappa shape index (κ3) is 12.9. The summed E-state index contributed by atoms with van der Waals surface area (Å²) in [5.74, 6) is 2.00. The molecule has 6 N–H and O–H groups in total. The average molecular weight is 1030 g/mol. The fraction of sp³-hybridized carbons (Fsp3) is 0.0462. The maximum atomic E-state index is 6.70. The predicted octanol–water partition coefficient (Wildman–Crippen LogP) is 15.2. The molecule has 0 saturated carbocycles. The molecular formula is C65H56BBrN4OP. The number of hydrogen-bond donors (Lipinski definition) is 4. The molecule has 0 amide bonds. The van der Waals surface area contributed by atoms with Crippen LogP contribution in [0.2, 0.25) is 0 Å². The molecule has 5 nitrogen and oxygen atoms in total. The number of para-hydroxylation sites is 4. The van der Waals surface area contributed by atoms with Crippen molar-refractivity contribution in [2.24, 2.45) is 0 Å². The van der Waals surface area contributed by atoms with Gasteiger partial charge in [0, 0.05) is 37.7 Å². The second-order valence-corrected chi connectivity index (χ2v) is 20.3. The fourth-order valence-corrected chi connectivity index (χ4v) is 10.1. The van der Waals surface area contributed by atoms with Crippen LogP contribution >= 0.6 is 24.5 Å². The van der Waals surface area contributed by atoms with Gasteiger partial charge in [-0.1, -0.05) is 244 Å². The van der Waals surface area contributed by atoms with Gasteiger partial charge in [0.2, 0.25) is 0 Å². The highest BCUT2D eigenvalue weighted by atomic mass is 79.9. The van der Waals surface area contributed by atoms with Gasteiger partial charge in [0.15, 0.2) is 7.28 Å². The van der Waals surface area contributed by atoms with E-state index in [1.165, 1.54) is 38.0 Å². The van der Waals surface area contributed by atoms with Gasteiger partial charge in [0.05, 0.1) is 22.7 Å². The second kappa shape index (κ2) is 23.9. The standard InChI is InChI=1S/C27H23BOP.C22H18N2.C10H10N2.C6H5Br/c1-27(2)21-15-9-17-23(28-19-11-5-3-6-12-19)25(21)29-26-22(27)16-10-18-24(26)30-20-13-7-4-8-14-20;1-3-11-19(12-4-1)23-21-15-17-9-7-8-10-18(17)16-22(21)24-20-13-5-2-6-14-20;11-9-5-7-3-1-2-4-8(7)6-10(9)12;7-6-4-2-1-3-5-6/h3-18,30H,1-2H3;1-16,23-24H;1-6H,11-12H2;1-5H. The molecule has 8 heteroatoms. The molecule has 11 aromatic carbocycles. The molecule has 12 rings (SSSR count). The topological polar surface area (TPSA) is 85.3 Å². The van der Waals surface area contributed by atoms with E-state index in [0.717, 1.165) is 55.0 Å². The van der Waals surface area contributed by atoms with Crippen LogP contribution in [-0.4, -0.2) is 7.28 Å². The number of nitrogens with one attached hydrogen (secondary N) is 2. The third-order valence-electron chi connectivity index (χ3n) is 12.5. The van der Waals surface area contributed by atoms with Gasteiger partial charge in [-0.3, -0.25) is 0 Å². The lowest BCUT2D eigenvalue weighted by Crippen LogP contribution is -2.34. The van der Waals surface area contributed by atoms with Crippen molar-refractivity contribution in [2.45, 2.75) is 19.3 Å². The van der Waals surface area contributed by atoms with Gasteiger partial charge >= 0.3 is 0 Å². The summed E-state index contributed by atoms with van der Waals surface area (Å²) >= 11 is 3.31. The molecule has 1 heterocycles. The maximum Gasteiger partial charge on any atom is 0.196 e. The summed E-state index contributed by atoms with van der Waals surface area (Å²) in [5, 5.41) is 14.3. The van der Waals surface area contributed by atoms with Gasteiger partial charge < -0.3 is 26.8 Å². The van der Waals surface area contributed by atoms with Crippen molar-refractivity contribution in [2.75, 3.05) is 22.1 Å². The zero-order chi connectivity index (χ0) is 50.4. The number of nitrogens with two attached hydrogens (primary N) is 2. The summed E-state index contributed by atoms with van der Waals surface area (Å²) in [6.45, 7) is 4.60. The molecule has 1 aliphatic heterocycles. The number of rotatable bonds is 8. The van der Waals surface area contributed by atoms with E-state index in [1.807, 2.05) is 109 Å². The van der Waals surface area contributed by atoms with Crippen molar-refractivity contribution >= 4 is 109 Å². The first-order chi connectivity index (χ1) is 35.7. The minimum Gasteiger partial charge on any atom is -0.457 e. The van der Waals surface area contributed by atoms with Gasteiger partial charge in [-0.05, 0) is 93.0 Å². The summed E-state index contributed by atoms with van der Waals surface area (Å²) in [4.78, 5) is 0. The Labute approximate surface area is 440 Å². The molecule has 73 heavy (non-hydrogen) atoms. The molecule has 0 spiro atoms. The zero-order valence-electron chi connectivity index (χ0n) is 40.8. The van der Waals surface area contributed by atoms with Crippen LogP contribution in [0.15, 0.2) is 265 Å². The number of ether oxygens (including phenoxy) is 1. The van der Waals surface area contributed by atoms with E-state index in [-0.39, 0.29) is 5.41 Å². The van der Waals surface area contributed by atoms with Crippen molar-refractivity contribution in [3.63, 3.8) is 0 Å². The van der Waals surface area contributed by atoms with Gasteiger partial charge in [-0.25, -0.2) is 0 Å². The Hall–Kier alpha value is -8.09. The van der Waals surface area contributed by atoms with Gasteiger partial charge in [0.1, 0.15) is 11.5 Å². The Bertz CT molecular complexity index is 3340. The lowest BCUT2D eigenvalue weighted by atomic mass is 9.61. The molecule has 0 aromatic heterocycles. The molecule has 1 unspecified atom stereocenters. The van der Waals surface area contributed by atoms with E-state index in [2.05, 4.69) is 199 Å². The molecule has 1 aliphatic rings. The Morgan fingerprint density at radius 2 is 0.849 bits per heavy atom. The quantitative estimate of drug-likeness (QED) is 0.0692. The number of halogens is 1. The molecule has 11 aromatic rings. The van der Waals surface area contributed by atoms with Crippen LogP contribution in [-0.2, 0) is 5.41 Å². The van der Waals surface area contributed by atoms with Crippen molar-refractivity contribution in [3.8, 4) is 11.5 Å². The van der Waals surface area contributed by atoms with Crippen molar-refractivity contribution in [1.29, 1.82) is 0 Å². The molecule has 0 bridgehead atoms. The van der Waals surface area contributed by atoms with E-state index in [9.17, 15) is 0 Å². The first-order valence-corrected chi connectivity index (χ1v) is 26.1. The lowest BCUT2D eigenvalue weighted by molar-refractivity contribution is 0.425. The van der Waals surface area contributed by atoms with E-state index in [0.29, 0.717) is 20.0 Å². The highest BCUT2D eigenvalue weighted by Crippen LogP contribution is 2.47. The summed E-state index contributed by atoms with van der Waals surface area (Å²) in [5.41, 5.74) is 21.5. The Balaban J connectivity index is 0.000000135. The second-order valence-electron chi connectivity index (χ2n) is 18.0. The molecule has 1 radical (unpaired) electrons. The lowest BCUT2D eigenvalue weighted by Gasteiger charge is -2.36. The van der Waals surface area contributed by atoms with Gasteiger partial charge in [-0.2, -0.15) is 0 Å². The molecule has 357 valence electrons. The van der Waals surface area contributed by atoms with E-state index in [1.54, 1.807) is 0 Å². The Morgan fingerprint density at radius 3 is 1.33 bits per heavy atom. The van der Waals surface area contributed by atoms with Gasteiger partial charge in [0.25, 0.3) is 0 Å². The smallest absolute Gasteiger partial charge is 0.196 e. The molecule has 0 fully saturated rings. The van der Waals surface area contributed by atoms with Crippen molar-refractivity contribution in [1.82, 2.24) is 0 Å². The first-order valence-electron chi connectivity index (χ1n) is 24.3. The minimum absolute atomic E-state index is 0.124. The number of benzene rings is 11. The molecule has 1 atom stereocenters. The van der Waals surface area contributed by atoms with Crippen LogP contribution in [0.4, 0.5) is 34.1 Å². The molecular weight excluding hydrogens is 974 g/mol. The van der Waals surface area contributed by atoms with E-state index in [4.69, 9.17) is 16.2 Å². The monoisotopic (exact) mass is 1030 g/mol. The number of anilines is 6. The van der Waals surface area contributed by atoms with E-state index >= 15 is 0 Å². The highest BCUT2D eigenvalue weighted by Gasteiger charge is 2.36. The first kappa shape index (κ1) is 49.9. The third-order valence-corrected chi connectivity index (χ3v) is 14.3. The van der Waals surface area contributed by atoms with E-state index < -0.39 is 0 Å². The SMILES string of the molecule is Brc1ccccc1.CC1(C)c2cccc([B]c3ccccc3)c2Oc2c(Pc3ccccc3)cccc21.Nc1cc2ccccc2cc1N.c1ccc(Nc2cc3ccccc3cc2Nc2ccccc2)cc1. The van der Waals surface area contributed by atoms with Crippen LogP contribution in [0.5, 0.6) is 11.5 Å². The number of nitrogen functional groups attached to an aromatic ring is 2. The van der Waals surface area contributed by atoms with Crippen molar-refractivity contribution in [3.05, 3.63) is 276 Å². The van der Waals surface area contributed by atoms with Crippen LogP contribution in [0.1, 0.15) is 25.0 Å². The predicted molar refractivity (Wildman–Crippen MR) is 321 cm³/mol. The maximum absolute atomic E-state index is 6.70. The Morgan fingerprint density at radius 1 is 0.438 bits per heavy atom. The molecule has 0 aliphatic carbocycles. The van der Waals surface area contributed by atoms with Crippen LogP contribution < -0.4 is 48.4 Å². The summed E-state index contributed by atoms with van der Waals surface area (Å²) in [6.07, 6.45) is 0. The fourth-order valence-electron chi connectivity index (χ4n) is 8.66. The van der Waals surface area contributed by atoms with Crippen LogP contribution in [0, 0.1) is 0 Å². The van der Waals surface area contributed by atoms with Crippen molar-refractivity contribution < 1.29 is 4.74 Å². The zero-order valence-corrected chi connectivity index (χ0v) is 43.4. The number of hydrogen-bond acceptors (Lipinski definition) is 5. The number of fused-ring (bicyclic) bond motifs is 4. The molecule has 0 saturated heterocycles. The average Bonchev–Trinajstić information content (AvgIpc) is 3.42. The van der Waals surface area contributed by atoms with Crippen LogP contribution in [0.25, 0.3) is 21.5 Å². The largest absolute Gasteiger partial charge is 0.457 e. The summed E-state index contributed by atoms with van der Waals surface area (Å²) in [6, 6.07) is 89.2. The normalized spacial score (nSPS) is 11.8.